The van der Waals surface area contributed by atoms with Crippen LogP contribution in [0.15, 0.2) is 0 Å². The van der Waals surface area contributed by atoms with Crippen molar-refractivity contribution in [1.29, 1.82) is 0 Å². The molecule has 0 saturated heterocycles. The molecule has 0 fully saturated rings. The van der Waals surface area contributed by atoms with Gasteiger partial charge in [-0.25, -0.2) is 4.79 Å². The van der Waals surface area contributed by atoms with Crippen LogP contribution >= 0.6 is 11.8 Å². The molecule has 8 N–H and O–H groups in total. The average molecular weight is 507 g/mol. The molecule has 0 aromatic heterocycles. The number of nitrogens with two attached hydrogens (primary N) is 1. The Kier molecular flexibility index (Phi) is 14.5. The van der Waals surface area contributed by atoms with Crippen LogP contribution in [0.2, 0.25) is 0 Å². The smallest absolute Gasteiger partial charge is 0.326 e. The molecule has 194 valence electrons. The van der Waals surface area contributed by atoms with Crippen LogP contribution < -0.4 is 21.7 Å². The van der Waals surface area contributed by atoms with Gasteiger partial charge in [0.1, 0.15) is 18.1 Å². The number of aliphatic carboxylic acids is 3. The molecule has 0 heterocycles. The number of carbonyl (C=O) groups excluding carboxylic acids is 3. The predicted octanol–water partition coefficient (Wildman–Crippen LogP) is -1.01. The summed E-state index contributed by atoms with van der Waals surface area (Å²) in [6.45, 7) is 3.67. The van der Waals surface area contributed by atoms with Crippen LogP contribution in [0, 0.1) is 5.92 Å². The number of amides is 3. The van der Waals surface area contributed by atoms with Gasteiger partial charge in [0.2, 0.25) is 17.7 Å². The number of thioether (sulfide) groups is 1. The van der Waals surface area contributed by atoms with Crippen LogP contribution in [0.4, 0.5) is 0 Å². The molecule has 0 radical (unpaired) electrons. The molecule has 3 amide bonds. The Morgan fingerprint density at radius 1 is 0.794 bits per heavy atom. The monoisotopic (exact) mass is 506 g/mol. The molecule has 0 rings (SSSR count). The van der Waals surface area contributed by atoms with Crippen LogP contribution in [0.3, 0.4) is 0 Å². The molecule has 0 spiro atoms. The first-order chi connectivity index (χ1) is 15.8. The normalized spacial score (nSPS) is 14.4. The van der Waals surface area contributed by atoms with Gasteiger partial charge in [-0.2, -0.15) is 11.8 Å². The van der Waals surface area contributed by atoms with Gasteiger partial charge in [0.05, 0.1) is 12.5 Å². The molecule has 0 aliphatic heterocycles. The summed E-state index contributed by atoms with van der Waals surface area (Å²) in [7, 11) is 0. The maximum absolute atomic E-state index is 12.8. The Morgan fingerprint density at radius 3 is 1.79 bits per heavy atom. The van der Waals surface area contributed by atoms with Crippen molar-refractivity contribution in [3.05, 3.63) is 0 Å². The summed E-state index contributed by atoms with van der Waals surface area (Å²) in [5.74, 6) is -6.27. The number of hydrogen-bond acceptors (Lipinski definition) is 8. The van der Waals surface area contributed by atoms with Crippen molar-refractivity contribution in [1.82, 2.24) is 16.0 Å². The van der Waals surface area contributed by atoms with E-state index in [0.29, 0.717) is 12.2 Å². The molecule has 14 heteroatoms. The quantitative estimate of drug-likeness (QED) is 0.126. The standard InChI is InChI=1S/C20H34N4O9S/c1-10(2)8-11(21)17(29)22-12(4-5-15(25)26)18(30)24-14(9-16(27)28)19(31)23-13(20(32)33)6-7-34-3/h10-14H,4-9,21H2,1-3H3,(H,22,29)(H,23,31)(H,24,30)(H,25,26)(H,27,28)(H,32,33). The minimum Gasteiger partial charge on any atom is -0.481 e. The minimum absolute atomic E-state index is 0.0704. The fraction of sp³-hybridized carbons (Fsp3) is 0.700. The first kappa shape index (κ1) is 31.1. The Labute approximate surface area is 201 Å². The number of carbonyl (C=O) groups is 6. The molecule has 34 heavy (non-hydrogen) atoms. The van der Waals surface area contributed by atoms with E-state index in [9.17, 15) is 33.9 Å². The Hall–Kier alpha value is -2.87. The van der Waals surface area contributed by atoms with E-state index in [0.717, 1.165) is 0 Å². The first-order valence-electron chi connectivity index (χ1n) is 10.6. The van der Waals surface area contributed by atoms with Crippen LogP contribution in [0.5, 0.6) is 0 Å². The summed E-state index contributed by atoms with van der Waals surface area (Å²) < 4.78 is 0. The highest BCUT2D eigenvalue weighted by Crippen LogP contribution is 2.07. The molecule has 0 aliphatic carbocycles. The molecule has 4 atom stereocenters. The summed E-state index contributed by atoms with van der Waals surface area (Å²) in [6.07, 6.45) is 0.417. The van der Waals surface area contributed by atoms with E-state index in [1.165, 1.54) is 11.8 Å². The number of carboxylic acid groups (broad SMARTS) is 3. The molecule has 0 aliphatic rings. The lowest BCUT2D eigenvalue weighted by Crippen LogP contribution is -2.57. The van der Waals surface area contributed by atoms with E-state index in [1.807, 2.05) is 13.8 Å². The van der Waals surface area contributed by atoms with Gasteiger partial charge >= 0.3 is 17.9 Å². The van der Waals surface area contributed by atoms with Crippen molar-refractivity contribution < 1.29 is 44.1 Å². The van der Waals surface area contributed by atoms with Gasteiger partial charge in [0, 0.05) is 6.42 Å². The second kappa shape index (κ2) is 15.9. The van der Waals surface area contributed by atoms with Gasteiger partial charge in [-0.05, 0) is 37.2 Å². The number of carboxylic acids is 3. The van der Waals surface area contributed by atoms with Crippen LogP contribution in [0.1, 0.15) is 46.0 Å². The van der Waals surface area contributed by atoms with Gasteiger partial charge in [-0.15, -0.1) is 0 Å². The summed E-state index contributed by atoms with van der Waals surface area (Å²) in [6, 6.07) is -5.33. The largest absolute Gasteiger partial charge is 0.481 e. The van der Waals surface area contributed by atoms with Crippen LogP contribution in [-0.4, -0.2) is 87.1 Å². The third-order valence-corrected chi connectivity index (χ3v) is 5.22. The van der Waals surface area contributed by atoms with Crippen molar-refractivity contribution in [2.24, 2.45) is 11.7 Å². The van der Waals surface area contributed by atoms with E-state index in [-0.39, 0.29) is 18.8 Å². The molecule has 4 unspecified atom stereocenters. The van der Waals surface area contributed by atoms with Crippen molar-refractivity contribution in [2.75, 3.05) is 12.0 Å². The first-order valence-corrected chi connectivity index (χ1v) is 12.0. The van der Waals surface area contributed by atoms with Gasteiger partial charge in [-0.1, -0.05) is 13.8 Å². The third-order valence-electron chi connectivity index (χ3n) is 4.58. The number of hydrogen-bond donors (Lipinski definition) is 7. The lowest BCUT2D eigenvalue weighted by atomic mass is 10.0. The maximum atomic E-state index is 12.8. The zero-order valence-corrected chi connectivity index (χ0v) is 20.2. The summed E-state index contributed by atoms with van der Waals surface area (Å²) >= 11 is 1.35. The lowest BCUT2D eigenvalue weighted by Gasteiger charge is -2.24. The Balaban J connectivity index is 5.54. The summed E-state index contributed by atoms with van der Waals surface area (Å²) in [4.78, 5) is 71.3. The van der Waals surface area contributed by atoms with Crippen LogP contribution in [-0.2, 0) is 28.8 Å². The fourth-order valence-corrected chi connectivity index (χ4v) is 3.32. The van der Waals surface area contributed by atoms with E-state index in [1.54, 1.807) is 6.26 Å². The molecular weight excluding hydrogens is 472 g/mol. The average Bonchev–Trinajstić information content (AvgIpc) is 2.71. The fourth-order valence-electron chi connectivity index (χ4n) is 2.85. The summed E-state index contributed by atoms with van der Waals surface area (Å²) in [5.41, 5.74) is 5.80. The minimum atomic E-state index is -1.66. The molecule has 13 nitrogen and oxygen atoms in total. The topological polar surface area (TPSA) is 225 Å². The van der Waals surface area contributed by atoms with Gasteiger partial charge in [0.15, 0.2) is 0 Å². The maximum Gasteiger partial charge on any atom is 0.326 e. The van der Waals surface area contributed by atoms with Crippen LogP contribution in [0.25, 0.3) is 0 Å². The number of nitrogens with one attached hydrogen (secondary N) is 3. The number of rotatable bonds is 17. The SMILES string of the molecule is CSCCC(NC(=O)C(CC(=O)O)NC(=O)C(CCC(=O)O)NC(=O)C(N)CC(C)C)C(=O)O. The van der Waals surface area contributed by atoms with Gasteiger partial charge < -0.3 is 37.0 Å². The van der Waals surface area contributed by atoms with Crippen molar-refractivity contribution in [3.8, 4) is 0 Å². The second-order valence-electron chi connectivity index (χ2n) is 8.07. The van der Waals surface area contributed by atoms with Crippen molar-refractivity contribution in [2.45, 2.75) is 70.1 Å². The van der Waals surface area contributed by atoms with E-state index < -0.39 is 72.6 Å². The second-order valence-corrected chi connectivity index (χ2v) is 9.06. The zero-order valence-electron chi connectivity index (χ0n) is 19.4. The molecule has 0 saturated carbocycles. The van der Waals surface area contributed by atoms with E-state index in [2.05, 4.69) is 16.0 Å². The third kappa shape index (κ3) is 13.0. The highest BCUT2D eigenvalue weighted by molar-refractivity contribution is 7.98. The highest BCUT2D eigenvalue weighted by atomic mass is 32.2. The lowest BCUT2D eigenvalue weighted by molar-refractivity contribution is -0.143. The molecule has 0 aromatic rings. The van der Waals surface area contributed by atoms with Gasteiger partial charge in [-0.3, -0.25) is 24.0 Å². The molecule has 0 bridgehead atoms. The van der Waals surface area contributed by atoms with E-state index >= 15 is 0 Å². The highest BCUT2D eigenvalue weighted by Gasteiger charge is 2.31. The predicted molar refractivity (Wildman–Crippen MR) is 123 cm³/mol. The Morgan fingerprint density at radius 2 is 1.32 bits per heavy atom. The zero-order chi connectivity index (χ0) is 26.4. The van der Waals surface area contributed by atoms with Crippen molar-refractivity contribution >= 4 is 47.4 Å². The molecular formula is C20H34N4O9S. The molecule has 0 aromatic carbocycles. The van der Waals surface area contributed by atoms with E-state index in [4.69, 9.17) is 15.9 Å². The van der Waals surface area contributed by atoms with Gasteiger partial charge in [0.25, 0.3) is 0 Å². The van der Waals surface area contributed by atoms with Crippen molar-refractivity contribution in [3.63, 3.8) is 0 Å². The Bertz CT molecular complexity index is 748. The summed E-state index contributed by atoms with van der Waals surface area (Å²) in [5, 5.41) is 34.1.